The van der Waals surface area contributed by atoms with Gasteiger partial charge in [0.05, 0.1) is 18.1 Å². The van der Waals surface area contributed by atoms with Gasteiger partial charge in [-0.1, -0.05) is 60.7 Å². The molecule has 0 unspecified atom stereocenters. The fraction of sp³-hybridized carbons (Fsp3) is 0.562. The minimum absolute atomic E-state index is 0.0423. The molecule has 2 aromatic carbocycles. The van der Waals surface area contributed by atoms with Gasteiger partial charge in [-0.2, -0.15) is 0 Å². The first kappa shape index (κ1) is 26.9. The van der Waals surface area contributed by atoms with Crippen LogP contribution in [0, 0.1) is 11.3 Å². The molecule has 3 heterocycles. The van der Waals surface area contributed by atoms with E-state index in [-0.39, 0.29) is 17.9 Å². The highest BCUT2D eigenvalue weighted by Crippen LogP contribution is 2.41. The third kappa shape index (κ3) is 6.47. The highest BCUT2D eigenvalue weighted by molar-refractivity contribution is 5.84. The van der Waals surface area contributed by atoms with Crippen molar-refractivity contribution in [3.8, 4) is 0 Å². The van der Waals surface area contributed by atoms with Gasteiger partial charge in [-0.25, -0.2) is 0 Å². The average Bonchev–Trinajstić information content (AvgIpc) is 2.93. The fourth-order valence-electron chi connectivity index (χ4n) is 6.87. The van der Waals surface area contributed by atoms with E-state index < -0.39 is 5.41 Å². The third-order valence-corrected chi connectivity index (χ3v) is 8.75. The van der Waals surface area contributed by atoms with E-state index in [4.69, 9.17) is 4.74 Å². The molecule has 3 saturated heterocycles. The lowest BCUT2D eigenvalue weighted by Crippen LogP contribution is -2.60. The molecule has 0 saturated carbocycles. The number of likely N-dealkylation sites (tertiary alicyclic amines) is 3. The van der Waals surface area contributed by atoms with Crippen molar-refractivity contribution in [2.75, 3.05) is 45.9 Å². The number of benzene rings is 2. The lowest BCUT2D eigenvalue weighted by Gasteiger charge is -2.49. The molecule has 5 rings (SSSR count). The number of hydrogen-bond acceptors (Lipinski definition) is 4. The van der Waals surface area contributed by atoms with E-state index in [9.17, 15) is 9.59 Å². The number of amides is 2. The SMILES string of the molecule is CCO[C@@H]1CN(Cc2ccccc2)C(=O)[C@@]2(CCCN(CC(=O)N3CCC(Cc4ccccc4)CC3)C2)C1. The monoisotopic (exact) mass is 517 g/mol. The van der Waals surface area contributed by atoms with Crippen LogP contribution in [-0.2, 0) is 27.3 Å². The fourth-order valence-corrected chi connectivity index (χ4v) is 6.87. The Balaban J connectivity index is 1.19. The summed E-state index contributed by atoms with van der Waals surface area (Å²) in [6.45, 7) is 7.55. The molecule has 38 heavy (non-hydrogen) atoms. The van der Waals surface area contributed by atoms with E-state index >= 15 is 0 Å². The quantitative estimate of drug-likeness (QED) is 0.521. The molecule has 6 nitrogen and oxygen atoms in total. The topological polar surface area (TPSA) is 53.1 Å². The molecule has 1 spiro atoms. The second kappa shape index (κ2) is 12.4. The van der Waals surface area contributed by atoms with Crippen LogP contribution >= 0.6 is 0 Å². The minimum Gasteiger partial charge on any atom is -0.377 e. The molecule has 2 atom stereocenters. The van der Waals surface area contributed by atoms with E-state index in [0.29, 0.717) is 38.7 Å². The zero-order valence-corrected chi connectivity index (χ0v) is 22.9. The van der Waals surface area contributed by atoms with Gasteiger partial charge in [-0.15, -0.1) is 0 Å². The summed E-state index contributed by atoms with van der Waals surface area (Å²) >= 11 is 0. The first-order valence-corrected chi connectivity index (χ1v) is 14.5. The zero-order valence-electron chi connectivity index (χ0n) is 22.9. The third-order valence-electron chi connectivity index (χ3n) is 8.75. The molecule has 0 bridgehead atoms. The number of carbonyl (C=O) groups is 2. The van der Waals surface area contributed by atoms with Crippen LogP contribution in [0.1, 0.15) is 50.2 Å². The molecule has 0 aliphatic carbocycles. The maximum atomic E-state index is 13.9. The first-order valence-electron chi connectivity index (χ1n) is 14.5. The van der Waals surface area contributed by atoms with E-state index in [2.05, 4.69) is 52.3 Å². The molecule has 2 amide bonds. The summed E-state index contributed by atoms with van der Waals surface area (Å²) in [6, 6.07) is 20.9. The maximum Gasteiger partial charge on any atom is 0.236 e. The average molecular weight is 518 g/mol. The van der Waals surface area contributed by atoms with Crippen LogP contribution in [0.4, 0.5) is 0 Å². The Kier molecular flexibility index (Phi) is 8.80. The van der Waals surface area contributed by atoms with E-state index in [1.54, 1.807) is 0 Å². The second-order valence-corrected chi connectivity index (χ2v) is 11.6. The Morgan fingerprint density at radius 2 is 1.66 bits per heavy atom. The van der Waals surface area contributed by atoms with E-state index in [1.807, 2.05) is 30.0 Å². The zero-order chi connectivity index (χ0) is 26.4. The molecule has 6 heteroatoms. The predicted molar refractivity (Wildman–Crippen MR) is 149 cm³/mol. The molecule has 3 aliphatic rings. The van der Waals surface area contributed by atoms with Gasteiger partial charge in [0, 0.05) is 39.3 Å². The van der Waals surface area contributed by atoms with E-state index in [1.165, 1.54) is 5.56 Å². The molecular weight excluding hydrogens is 474 g/mol. The molecule has 0 N–H and O–H groups in total. The van der Waals surface area contributed by atoms with Gasteiger partial charge in [0.25, 0.3) is 0 Å². The van der Waals surface area contributed by atoms with Crippen LogP contribution in [-0.4, -0.2) is 78.5 Å². The molecule has 204 valence electrons. The summed E-state index contributed by atoms with van der Waals surface area (Å²) in [6.07, 6.45) is 5.83. The van der Waals surface area contributed by atoms with Crippen molar-refractivity contribution in [2.45, 2.75) is 58.1 Å². The van der Waals surface area contributed by atoms with E-state index in [0.717, 1.165) is 63.7 Å². The number of piperidine rings is 3. The number of hydrogen-bond donors (Lipinski definition) is 0. The predicted octanol–water partition coefficient (Wildman–Crippen LogP) is 4.39. The lowest BCUT2D eigenvalue weighted by molar-refractivity contribution is -0.162. The molecule has 0 aromatic heterocycles. The second-order valence-electron chi connectivity index (χ2n) is 11.6. The van der Waals surface area contributed by atoms with Gasteiger partial charge < -0.3 is 14.5 Å². The van der Waals surface area contributed by atoms with Crippen molar-refractivity contribution < 1.29 is 14.3 Å². The summed E-state index contributed by atoms with van der Waals surface area (Å²) in [5.41, 5.74) is 2.07. The number of carbonyl (C=O) groups excluding carboxylic acids is 2. The summed E-state index contributed by atoms with van der Waals surface area (Å²) in [4.78, 5) is 33.5. The smallest absolute Gasteiger partial charge is 0.236 e. The summed E-state index contributed by atoms with van der Waals surface area (Å²) in [5, 5.41) is 0. The van der Waals surface area contributed by atoms with Crippen LogP contribution < -0.4 is 0 Å². The molecule has 0 radical (unpaired) electrons. The first-order chi connectivity index (χ1) is 18.5. The van der Waals surface area contributed by atoms with Crippen LogP contribution in [0.2, 0.25) is 0 Å². The number of rotatable bonds is 8. The highest BCUT2D eigenvalue weighted by Gasteiger charge is 2.49. The van der Waals surface area contributed by atoms with Gasteiger partial charge in [0.15, 0.2) is 0 Å². The maximum absolute atomic E-state index is 13.9. The lowest BCUT2D eigenvalue weighted by atomic mass is 9.72. The Labute approximate surface area is 227 Å². The van der Waals surface area contributed by atoms with Crippen molar-refractivity contribution in [3.05, 3.63) is 71.8 Å². The summed E-state index contributed by atoms with van der Waals surface area (Å²) in [7, 11) is 0. The molecular formula is C32H43N3O3. The largest absolute Gasteiger partial charge is 0.377 e. The number of ether oxygens (including phenoxy) is 1. The van der Waals surface area contributed by atoms with Gasteiger partial charge >= 0.3 is 0 Å². The summed E-state index contributed by atoms with van der Waals surface area (Å²) in [5.74, 6) is 1.09. The molecule has 3 aliphatic heterocycles. The van der Waals surface area contributed by atoms with Crippen molar-refractivity contribution >= 4 is 11.8 Å². The Morgan fingerprint density at radius 1 is 0.974 bits per heavy atom. The van der Waals surface area contributed by atoms with Gasteiger partial charge in [-0.05, 0) is 69.0 Å². The van der Waals surface area contributed by atoms with Gasteiger partial charge in [-0.3, -0.25) is 14.5 Å². The molecule has 3 fully saturated rings. The van der Waals surface area contributed by atoms with Crippen molar-refractivity contribution in [1.29, 1.82) is 0 Å². The van der Waals surface area contributed by atoms with Crippen LogP contribution in [0.25, 0.3) is 0 Å². The standard InChI is InChI=1S/C32H43N3O3/c1-2-38-29-21-32(31(37)35(23-29)22-28-12-7-4-8-13-28)16-9-17-33(25-32)24-30(36)34-18-14-27(15-19-34)20-26-10-5-3-6-11-26/h3-8,10-13,27,29H,2,9,14-25H2,1H3/t29-,32-/m0/s1. The molecule has 2 aromatic rings. The number of nitrogens with zero attached hydrogens (tertiary/aromatic N) is 3. The summed E-state index contributed by atoms with van der Waals surface area (Å²) < 4.78 is 6.10. The Bertz CT molecular complexity index is 1050. The minimum atomic E-state index is -0.464. The highest BCUT2D eigenvalue weighted by atomic mass is 16.5. The van der Waals surface area contributed by atoms with Gasteiger partial charge in [0.2, 0.25) is 11.8 Å². The Hall–Kier alpha value is -2.70. The van der Waals surface area contributed by atoms with Crippen LogP contribution in [0.15, 0.2) is 60.7 Å². The van der Waals surface area contributed by atoms with Crippen molar-refractivity contribution in [3.63, 3.8) is 0 Å². The normalized spacial score (nSPS) is 25.2. The van der Waals surface area contributed by atoms with Crippen molar-refractivity contribution in [2.24, 2.45) is 11.3 Å². The van der Waals surface area contributed by atoms with Crippen molar-refractivity contribution in [1.82, 2.24) is 14.7 Å². The van der Waals surface area contributed by atoms with Gasteiger partial charge in [0.1, 0.15) is 0 Å². The van der Waals surface area contributed by atoms with Crippen LogP contribution in [0.3, 0.4) is 0 Å². The Morgan fingerprint density at radius 3 is 2.34 bits per heavy atom. The van der Waals surface area contributed by atoms with Crippen LogP contribution in [0.5, 0.6) is 0 Å².